The van der Waals surface area contributed by atoms with Gasteiger partial charge >= 0.3 is 5.69 Å². The maximum atomic E-state index is 12.6. The summed E-state index contributed by atoms with van der Waals surface area (Å²) in [5, 5.41) is 4.53. The molecule has 0 saturated heterocycles. The van der Waals surface area contributed by atoms with Crippen LogP contribution in [0, 0.1) is 20.8 Å². The van der Waals surface area contributed by atoms with Gasteiger partial charge in [-0.1, -0.05) is 6.08 Å². The van der Waals surface area contributed by atoms with Crippen LogP contribution < -0.4 is 11.2 Å². The molecule has 0 N–H and O–H groups in total. The maximum absolute atomic E-state index is 12.6. The Morgan fingerprint density at radius 1 is 1.12 bits per heavy atom. The molecule has 0 amide bonds. The largest absolute Gasteiger partial charge is 0.332 e. The van der Waals surface area contributed by atoms with E-state index in [4.69, 9.17) is 0 Å². The first-order chi connectivity index (χ1) is 11.3. The zero-order valence-electron chi connectivity index (χ0n) is 14.5. The number of aromatic nitrogens is 6. The lowest BCUT2D eigenvalue weighted by Gasteiger charge is -2.08. The Balaban J connectivity index is 2.52. The Morgan fingerprint density at radius 2 is 1.79 bits per heavy atom. The molecule has 0 bridgehead atoms. The Labute approximate surface area is 138 Å². The third-order valence-corrected chi connectivity index (χ3v) is 4.48. The molecule has 0 spiro atoms. The normalized spacial score (nSPS) is 11.4. The van der Waals surface area contributed by atoms with E-state index in [1.807, 2.05) is 20.8 Å². The van der Waals surface area contributed by atoms with Crippen LogP contribution in [0.2, 0.25) is 0 Å². The molecule has 3 aromatic heterocycles. The van der Waals surface area contributed by atoms with Gasteiger partial charge in [-0.15, -0.1) is 6.58 Å². The highest BCUT2D eigenvalue weighted by Crippen LogP contribution is 2.19. The van der Waals surface area contributed by atoms with E-state index in [9.17, 15) is 9.59 Å². The van der Waals surface area contributed by atoms with Crippen LogP contribution in [0.25, 0.3) is 17.1 Å². The summed E-state index contributed by atoms with van der Waals surface area (Å²) in [5.41, 5.74) is 2.80. The van der Waals surface area contributed by atoms with Crippen LogP contribution in [0.4, 0.5) is 0 Å². The highest BCUT2D eigenvalue weighted by molar-refractivity contribution is 5.72. The topological polar surface area (TPSA) is 79.6 Å². The van der Waals surface area contributed by atoms with E-state index in [1.54, 1.807) is 22.4 Å². The van der Waals surface area contributed by atoms with Gasteiger partial charge in [0.15, 0.2) is 11.2 Å². The molecular formula is C16H20N6O2. The van der Waals surface area contributed by atoms with Crippen molar-refractivity contribution in [2.24, 2.45) is 14.1 Å². The van der Waals surface area contributed by atoms with Gasteiger partial charge in [-0.3, -0.25) is 18.5 Å². The molecular weight excluding hydrogens is 308 g/mol. The fourth-order valence-corrected chi connectivity index (χ4v) is 2.81. The molecule has 0 atom stereocenters. The molecule has 0 unspecified atom stereocenters. The minimum atomic E-state index is -0.410. The van der Waals surface area contributed by atoms with Crippen molar-refractivity contribution in [1.29, 1.82) is 0 Å². The molecule has 0 aliphatic heterocycles. The first-order valence-electron chi connectivity index (χ1n) is 7.60. The molecule has 3 rings (SSSR count). The van der Waals surface area contributed by atoms with Crippen molar-refractivity contribution in [2.45, 2.75) is 27.3 Å². The van der Waals surface area contributed by atoms with Gasteiger partial charge in [-0.2, -0.15) is 10.1 Å². The lowest BCUT2D eigenvalue weighted by atomic mass is 10.2. The highest BCUT2D eigenvalue weighted by Gasteiger charge is 2.21. The summed E-state index contributed by atoms with van der Waals surface area (Å²) in [7, 11) is 3.06. The summed E-state index contributed by atoms with van der Waals surface area (Å²) in [5.74, 6) is 0.497. The average molecular weight is 328 g/mol. The third-order valence-electron chi connectivity index (χ3n) is 4.48. The Morgan fingerprint density at radius 3 is 2.33 bits per heavy atom. The van der Waals surface area contributed by atoms with E-state index in [-0.39, 0.29) is 5.56 Å². The monoisotopic (exact) mass is 328 g/mol. The quantitative estimate of drug-likeness (QED) is 0.664. The fourth-order valence-electron chi connectivity index (χ4n) is 2.81. The van der Waals surface area contributed by atoms with Crippen molar-refractivity contribution in [3.05, 3.63) is 50.4 Å². The zero-order valence-corrected chi connectivity index (χ0v) is 14.5. The lowest BCUT2D eigenvalue weighted by Crippen LogP contribution is -2.37. The van der Waals surface area contributed by atoms with Crippen molar-refractivity contribution < 1.29 is 0 Å². The minimum Gasteiger partial charge on any atom is -0.299 e. The highest BCUT2D eigenvalue weighted by atomic mass is 16.2. The van der Waals surface area contributed by atoms with Crippen LogP contribution in [0.1, 0.15) is 17.0 Å². The van der Waals surface area contributed by atoms with Gasteiger partial charge < -0.3 is 0 Å². The smallest absolute Gasteiger partial charge is 0.299 e. The molecule has 0 aliphatic rings. The molecule has 8 heteroatoms. The number of hydrogen-bond acceptors (Lipinski definition) is 4. The number of hydrogen-bond donors (Lipinski definition) is 0. The third kappa shape index (κ3) is 1.99. The molecule has 0 fully saturated rings. The van der Waals surface area contributed by atoms with Crippen molar-refractivity contribution in [3.8, 4) is 5.95 Å². The number of fused-ring (bicyclic) bond motifs is 1. The number of aryl methyl sites for hydroxylation is 2. The van der Waals surface area contributed by atoms with Crippen LogP contribution >= 0.6 is 0 Å². The maximum Gasteiger partial charge on any atom is 0.332 e. The van der Waals surface area contributed by atoms with E-state index in [0.29, 0.717) is 23.7 Å². The van der Waals surface area contributed by atoms with Crippen LogP contribution in [0.5, 0.6) is 0 Å². The molecule has 24 heavy (non-hydrogen) atoms. The van der Waals surface area contributed by atoms with Gasteiger partial charge in [0.2, 0.25) is 5.95 Å². The van der Waals surface area contributed by atoms with Crippen LogP contribution in [-0.2, 0) is 20.6 Å². The Kier molecular flexibility index (Phi) is 3.55. The van der Waals surface area contributed by atoms with E-state index < -0.39 is 5.69 Å². The molecule has 0 radical (unpaired) electrons. The second kappa shape index (κ2) is 5.33. The van der Waals surface area contributed by atoms with Crippen molar-refractivity contribution in [1.82, 2.24) is 28.5 Å². The summed E-state index contributed by atoms with van der Waals surface area (Å²) in [6.45, 7) is 10.0. The second-order valence-electron chi connectivity index (χ2n) is 5.90. The first-order valence-corrected chi connectivity index (χ1v) is 7.60. The molecule has 3 heterocycles. The summed E-state index contributed by atoms with van der Waals surface area (Å²) in [6.07, 6.45) is 1.69. The van der Waals surface area contributed by atoms with Gasteiger partial charge in [0.25, 0.3) is 5.56 Å². The molecule has 126 valence electrons. The van der Waals surface area contributed by atoms with Gasteiger partial charge in [0, 0.05) is 26.3 Å². The summed E-state index contributed by atoms with van der Waals surface area (Å²) < 4.78 is 5.90. The van der Waals surface area contributed by atoms with Crippen molar-refractivity contribution in [3.63, 3.8) is 0 Å². The summed E-state index contributed by atoms with van der Waals surface area (Å²) in [4.78, 5) is 29.3. The van der Waals surface area contributed by atoms with Crippen LogP contribution in [-0.4, -0.2) is 28.5 Å². The number of rotatable bonds is 3. The van der Waals surface area contributed by atoms with Crippen molar-refractivity contribution in [2.75, 3.05) is 0 Å². The molecule has 8 nitrogen and oxygen atoms in total. The van der Waals surface area contributed by atoms with E-state index in [1.165, 1.54) is 11.6 Å². The molecule has 0 saturated carbocycles. The second-order valence-corrected chi connectivity index (χ2v) is 5.90. The standard InChI is InChI=1S/C16H20N6O2/c1-7-8-21-12-13(19(5)16(24)20(6)14(12)23)17-15(21)22-11(4)9(2)10(3)18-22/h7H,1,8H2,2-6H3. The Hall–Kier alpha value is -2.90. The van der Waals surface area contributed by atoms with E-state index in [2.05, 4.69) is 16.7 Å². The van der Waals surface area contributed by atoms with Gasteiger partial charge in [0.1, 0.15) is 0 Å². The minimum absolute atomic E-state index is 0.338. The predicted octanol–water partition coefficient (Wildman–Crippen LogP) is 0.731. The fraction of sp³-hybridized carbons (Fsp3) is 0.375. The number of allylic oxidation sites excluding steroid dienone is 1. The van der Waals surface area contributed by atoms with E-state index in [0.717, 1.165) is 21.5 Å². The number of imidazole rings is 1. The van der Waals surface area contributed by atoms with Crippen LogP contribution in [0.15, 0.2) is 22.2 Å². The Bertz CT molecular complexity index is 1090. The van der Waals surface area contributed by atoms with Crippen LogP contribution in [0.3, 0.4) is 0 Å². The van der Waals surface area contributed by atoms with Gasteiger partial charge in [-0.25, -0.2) is 9.48 Å². The van der Waals surface area contributed by atoms with Gasteiger partial charge in [-0.05, 0) is 26.3 Å². The predicted molar refractivity (Wildman–Crippen MR) is 91.7 cm³/mol. The SMILES string of the molecule is C=CCn1c(-n2nc(C)c(C)c2C)nc2c1c(=O)n(C)c(=O)n2C. The average Bonchev–Trinajstić information content (AvgIpc) is 3.04. The molecule has 0 aromatic carbocycles. The lowest BCUT2D eigenvalue weighted by molar-refractivity contribution is 0.696. The molecule has 0 aliphatic carbocycles. The van der Waals surface area contributed by atoms with Gasteiger partial charge in [0.05, 0.1) is 5.69 Å². The summed E-state index contributed by atoms with van der Waals surface area (Å²) in [6, 6.07) is 0. The van der Waals surface area contributed by atoms with E-state index >= 15 is 0 Å². The van der Waals surface area contributed by atoms with Crippen molar-refractivity contribution >= 4 is 11.2 Å². The number of nitrogens with zero attached hydrogens (tertiary/aromatic N) is 6. The zero-order chi connectivity index (χ0) is 17.8. The summed E-state index contributed by atoms with van der Waals surface area (Å²) >= 11 is 0. The molecule has 3 aromatic rings. The first kappa shape index (κ1) is 16.0.